The van der Waals surface area contributed by atoms with Gasteiger partial charge in [-0.05, 0) is 117 Å². The minimum Gasteiger partial charge on any atom is -0.487 e. The summed E-state index contributed by atoms with van der Waals surface area (Å²) in [4.78, 5) is 20.1. The third-order valence-electron chi connectivity index (χ3n) is 10.6. The lowest BCUT2D eigenvalue weighted by atomic mass is 9.64. The van der Waals surface area contributed by atoms with Gasteiger partial charge in [0.1, 0.15) is 18.0 Å². The minimum absolute atomic E-state index is 0.120. The lowest BCUT2D eigenvalue weighted by Gasteiger charge is -2.46. The number of carbonyl (C=O) groups is 1. The van der Waals surface area contributed by atoms with Gasteiger partial charge in [0.25, 0.3) is 5.91 Å². The number of aromatic nitrogens is 1. The number of benzene rings is 2. The predicted octanol–water partition coefficient (Wildman–Crippen LogP) is 6.89. The summed E-state index contributed by atoms with van der Waals surface area (Å²) in [5.74, 6) is 6.11. The van der Waals surface area contributed by atoms with E-state index in [2.05, 4.69) is 26.4 Å². The maximum atomic E-state index is 13.5. The zero-order valence-corrected chi connectivity index (χ0v) is 30.3. The van der Waals surface area contributed by atoms with Gasteiger partial charge in [-0.3, -0.25) is 9.78 Å². The molecule has 2 aliphatic heterocycles. The fourth-order valence-electron chi connectivity index (χ4n) is 7.17. The van der Waals surface area contributed by atoms with E-state index in [1.807, 2.05) is 49.4 Å². The first-order valence-corrected chi connectivity index (χ1v) is 19.6. The topological polar surface area (TPSA) is 109 Å². The maximum absolute atomic E-state index is 13.5. The molecule has 0 unspecified atom stereocenters. The quantitative estimate of drug-likeness (QED) is 0.220. The van der Waals surface area contributed by atoms with Crippen molar-refractivity contribution >= 4 is 33.2 Å². The molecule has 3 aromatic rings. The average molecular weight is 716 g/mol. The zero-order chi connectivity index (χ0) is 35.3. The molecule has 1 amide bonds. The Balaban J connectivity index is 1.36. The van der Waals surface area contributed by atoms with Crippen LogP contribution in [-0.2, 0) is 29.5 Å². The average Bonchev–Trinajstić information content (AvgIpc) is 3.11. The van der Waals surface area contributed by atoms with E-state index in [1.54, 1.807) is 37.4 Å². The molecule has 1 aromatic heterocycles. The second-order valence-corrected chi connectivity index (χ2v) is 16.5. The highest BCUT2D eigenvalue weighted by molar-refractivity contribution is 7.90. The molecule has 1 saturated carbocycles. The van der Waals surface area contributed by atoms with Crippen LogP contribution >= 0.6 is 11.6 Å². The van der Waals surface area contributed by atoms with Crippen molar-refractivity contribution in [2.45, 2.75) is 82.7 Å². The highest BCUT2D eigenvalue weighted by Gasteiger charge is 2.45. The molecule has 1 fully saturated rings. The van der Waals surface area contributed by atoms with Crippen molar-refractivity contribution in [1.82, 2.24) is 9.71 Å². The van der Waals surface area contributed by atoms with Gasteiger partial charge in [0.2, 0.25) is 10.0 Å². The Bertz CT molecular complexity index is 1890. The molecule has 2 aromatic carbocycles. The van der Waals surface area contributed by atoms with Crippen LogP contribution in [-0.4, -0.2) is 48.4 Å². The number of fused-ring (bicyclic) bond motifs is 3. The summed E-state index contributed by atoms with van der Waals surface area (Å²) in [6.45, 7) is 5.10. The van der Waals surface area contributed by atoms with Crippen molar-refractivity contribution in [1.29, 1.82) is 0 Å². The lowest BCUT2D eigenvalue weighted by Crippen LogP contribution is -2.49. The molecule has 5 atom stereocenters. The van der Waals surface area contributed by atoms with E-state index >= 15 is 0 Å². The first-order chi connectivity index (χ1) is 24.0. The van der Waals surface area contributed by atoms with E-state index in [1.165, 1.54) is 0 Å². The number of ether oxygens (including phenoxy) is 1. The third-order valence-corrected chi connectivity index (χ3v) is 12.8. The van der Waals surface area contributed by atoms with E-state index in [4.69, 9.17) is 16.3 Å². The van der Waals surface area contributed by atoms with Crippen molar-refractivity contribution in [3.63, 3.8) is 0 Å². The van der Waals surface area contributed by atoms with E-state index in [-0.39, 0.29) is 23.3 Å². The number of aryl methyl sites for hydroxylation is 2. The molecular formula is C40H46ClN3O5S. The van der Waals surface area contributed by atoms with Gasteiger partial charge in [-0.1, -0.05) is 48.6 Å². The molecule has 2 N–H and O–H groups in total. The second kappa shape index (κ2) is 15.6. The van der Waals surface area contributed by atoms with Gasteiger partial charge in [0, 0.05) is 54.3 Å². The van der Waals surface area contributed by atoms with Crippen molar-refractivity contribution < 1.29 is 23.1 Å². The number of sulfonamides is 1. The highest BCUT2D eigenvalue weighted by atomic mass is 35.5. The van der Waals surface area contributed by atoms with Gasteiger partial charge in [-0.2, -0.15) is 0 Å². The Morgan fingerprint density at radius 1 is 1.10 bits per heavy atom. The van der Waals surface area contributed by atoms with E-state index < -0.39 is 26.8 Å². The summed E-state index contributed by atoms with van der Waals surface area (Å²) >= 11 is 6.36. The smallest absolute Gasteiger partial charge is 0.264 e. The number of rotatable bonds is 2. The SMILES string of the molecule is C[C@@H]1[C@@H](C)C/C=C/[C@](O)(C#CCCc2ccccn2)[C@@H]2CC[C@H]2CN2CCCCc3cc(Cl)ccc3COc3ccc(cc32)C(=O)NS1(=O)=O. The molecular weight excluding hydrogens is 670 g/mol. The summed E-state index contributed by atoms with van der Waals surface area (Å²) in [7, 11) is -4.00. The predicted molar refractivity (Wildman–Crippen MR) is 198 cm³/mol. The molecule has 3 heterocycles. The first kappa shape index (κ1) is 36.0. The summed E-state index contributed by atoms with van der Waals surface area (Å²) in [6.07, 6.45) is 11.5. The van der Waals surface area contributed by atoms with Crippen LogP contribution in [0.3, 0.4) is 0 Å². The molecule has 1 aliphatic carbocycles. The van der Waals surface area contributed by atoms with E-state index in [0.717, 1.165) is 54.6 Å². The number of hydrogen-bond acceptors (Lipinski definition) is 7. The molecule has 6 rings (SSSR count). The molecule has 10 heteroatoms. The summed E-state index contributed by atoms with van der Waals surface area (Å²) in [5, 5.41) is 12.1. The number of amides is 1. The van der Waals surface area contributed by atoms with Crippen LogP contribution in [0.4, 0.5) is 5.69 Å². The minimum atomic E-state index is -4.00. The number of anilines is 1. The van der Waals surface area contributed by atoms with Gasteiger partial charge in [0.15, 0.2) is 0 Å². The highest BCUT2D eigenvalue weighted by Crippen LogP contribution is 2.45. The number of carbonyl (C=O) groups excluding carboxylic acids is 1. The van der Waals surface area contributed by atoms with Gasteiger partial charge in [-0.25, -0.2) is 13.1 Å². The van der Waals surface area contributed by atoms with Crippen LogP contribution in [0, 0.1) is 29.6 Å². The number of nitrogens with one attached hydrogen (secondary N) is 1. The Hall–Kier alpha value is -3.84. The maximum Gasteiger partial charge on any atom is 0.264 e. The molecule has 8 nitrogen and oxygen atoms in total. The van der Waals surface area contributed by atoms with Gasteiger partial charge < -0.3 is 14.7 Å². The normalized spacial score (nSPS) is 27.4. The third kappa shape index (κ3) is 8.37. The number of allylic oxidation sites excluding steroid dienone is 1. The molecule has 264 valence electrons. The number of pyridine rings is 1. The lowest BCUT2D eigenvalue weighted by molar-refractivity contribution is -0.00298. The molecule has 0 radical (unpaired) electrons. The molecule has 3 aliphatic rings. The van der Waals surface area contributed by atoms with Crippen molar-refractivity contribution in [3.05, 3.63) is 100 Å². The van der Waals surface area contributed by atoms with Crippen LogP contribution in [0.2, 0.25) is 5.02 Å². The van der Waals surface area contributed by atoms with E-state index in [0.29, 0.717) is 49.7 Å². The van der Waals surface area contributed by atoms with Gasteiger partial charge >= 0.3 is 0 Å². The standard InChI is InChI=1S/C40H46ClN3O5S/c1-28-10-9-21-40(46,20-6-3-12-35-13-4-7-22-42-35)36-18-15-32(36)26-44-23-8-5-11-30-24-34(41)17-14-33(30)27-49-38-19-16-31(25-37(38)44)39(45)43-50(47,48)29(28)2/h4,7,9,13-14,16-17,19,21-22,24-25,28-29,32,36,46H,3,5,8,10-12,15,18,23,26-27H2,1-2H3,(H,43,45)/b21-9+/t28-,29+,32-,36+,40+/m0/s1. The summed E-state index contributed by atoms with van der Waals surface area (Å²) < 4.78 is 35.6. The first-order valence-electron chi connectivity index (χ1n) is 17.7. The number of aliphatic hydroxyl groups is 1. The van der Waals surface area contributed by atoms with Crippen molar-refractivity contribution in [2.24, 2.45) is 17.8 Å². The van der Waals surface area contributed by atoms with Gasteiger partial charge in [0.05, 0.1) is 10.9 Å². The molecule has 2 bridgehead atoms. The van der Waals surface area contributed by atoms with Crippen molar-refractivity contribution in [2.75, 3.05) is 18.0 Å². The number of halogens is 1. The second-order valence-electron chi connectivity index (χ2n) is 14.0. The monoisotopic (exact) mass is 715 g/mol. The Labute approximate surface area is 301 Å². The Kier molecular flexibility index (Phi) is 11.2. The zero-order valence-electron chi connectivity index (χ0n) is 28.8. The summed E-state index contributed by atoms with van der Waals surface area (Å²) in [6, 6.07) is 16.8. The molecule has 50 heavy (non-hydrogen) atoms. The number of nitrogens with zero attached hydrogens (tertiary/aromatic N) is 2. The van der Waals surface area contributed by atoms with Crippen LogP contribution in [0.1, 0.15) is 79.6 Å². The molecule has 0 spiro atoms. The van der Waals surface area contributed by atoms with Crippen LogP contribution in [0.15, 0.2) is 72.9 Å². The molecule has 0 saturated heterocycles. The van der Waals surface area contributed by atoms with Crippen LogP contribution < -0.4 is 14.4 Å². The van der Waals surface area contributed by atoms with E-state index in [9.17, 15) is 18.3 Å². The summed E-state index contributed by atoms with van der Waals surface area (Å²) in [5.41, 5.74) is 2.75. The van der Waals surface area contributed by atoms with Crippen molar-refractivity contribution in [3.8, 4) is 17.6 Å². The Morgan fingerprint density at radius 2 is 1.96 bits per heavy atom. The fourth-order valence-corrected chi connectivity index (χ4v) is 8.65. The number of hydrogen-bond donors (Lipinski definition) is 2. The van der Waals surface area contributed by atoms with Crippen LogP contribution in [0.5, 0.6) is 5.75 Å². The van der Waals surface area contributed by atoms with Crippen LogP contribution in [0.25, 0.3) is 0 Å². The van der Waals surface area contributed by atoms with Gasteiger partial charge in [-0.15, -0.1) is 0 Å². The largest absolute Gasteiger partial charge is 0.487 e. The fraction of sp³-hybridized carbons (Fsp3) is 0.450. The Morgan fingerprint density at radius 3 is 2.74 bits per heavy atom.